The molecule has 1 aliphatic heterocycles. The highest BCUT2D eigenvalue weighted by Crippen LogP contribution is 2.27. The van der Waals surface area contributed by atoms with Crippen LogP contribution in [0, 0.1) is 12.7 Å². The number of benzene rings is 1. The molecule has 0 atom stereocenters. The van der Waals surface area contributed by atoms with Crippen LogP contribution < -0.4 is 5.63 Å². The number of aryl methyl sites for hydroxylation is 1. The van der Waals surface area contributed by atoms with Crippen molar-refractivity contribution in [1.82, 2.24) is 9.88 Å². The Bertz CT molecular complexity index is 1110. The van der Waals surface area contributed by atoms with Crippen molar-refractivity contribution in [1.29, 1.82) is 0 Å². The molecule has 3 heterocycles. The maximum Gasteiger partial charge on any atom is 0.349 e. The van der Waals surface area contributed by atoms with Crippen LogP contribution in [-0.4, -0.2) is 36.1 Å². The summed E-state index contributed by atoms with van der Waals surface area (Å²) in [5.41, 5.74) is 1.59. The third-order valence-electron chi connectivity index (χ3n) is 5.40. The lowest BCUT2D eigenvalue weighted by Gasteiger charge is -2.22. The smallest absolute Gasteiger partial charge is 0.349 e. The minimum absolute atomic E-state index is 0.0467. The number of fused-ring (bicyclic) bond motifs is 1. The van der Waals surface area contributed by atoms with E-state index in [9.17, 15) is 14.0 Å². The molecule has 1 N–H and O–H groups in total. The topological polar surface area (TPSA) is 75.5 Å². The van der Waals surface area contributed by atoms with Gasteiger partial charge in [0.05, 0.1) is 6.54 Å². The molecule has 1 fully saturated rings. The van der Waals surface area contributed by atoms with Gasteiger partial charge in [-0.25, -0.2) is 9.18 Å². The van der Waals surface area contributed by atoms with Crippen molar-refractivity contribution in [3.8, 4) is 0 Å². The first-order valence-electron chi connectivity index (χ1n) is 9.67. The number of aromatic amines is 1. The SMILES string of the molecule is Cc1cc(C2CCOCC2)oc(=O)c1C(=O)N(C)Cc1cc2cc(F)ccc2[nH]1. The summed E-state index contributed by atoms with van der Waals surface area (Å²) in [5.74, 6) is 0.0429. The van der Waals surface area contributed by atoms with Crippen molar-refractivity contribution in [2.75, 3.05) is 20.3 Å². The first kappa shape index (κ1) is 19.4. The van der Waals surface area contributed by atoms with Gasteiger partial charge in [0.1, 0.15) is 17.1 Å². The number of H-pyrrole nitrogens is 1. The lowest BCUT2D eigenvalue weighted by molar-refractivity contribution is 0.0763. The minimum Gasteiger partial charge on any atom is -0.427 e. The van der Waals surface area contributed by atoms with Gasteiger partial charge in [0.2, 0.25) is 0 Å². The van der Waals surface area contributed by atoms with Gasteiger partial charge in [0, 0.05) is 42.8 Å². The number of carbonyl (C=O) groups excluding carboxylic acids is 1. The Kier molecular flexibility index (Phi) is 5.24. The van der Waals surface area contributed by atoms with Crippen LogP contribution in [0.1, 0.15) is 46.1 Å². The molecule has 1 saturated heterocycles. The van der Waals surface area contributed by atoms with Crippen molar-refractivity contribution in [3.63, 3.8) is 0 Å². The molecule has 4 rings (SSSR count). The fourth-order valence-corrected chi connectivity index (χ4v) is 3.84. The predicted molar refractivity (Wildman–Crippen MR) is 107 cm³/mol. The minimum atomic E-state index is -0.609. The van der Waals surface area contributed by atoms with Gasteiger partial charge in [-0.3, -0.25) is 4.79 Å². The number of nitrogens with one attached hydrogen (secondary N) is 1. The number of nitrogens with zero attached hydrogens (tertiary/aromatic N) is 1. The summed E-state index contributed by atoms with van der Waals surface area (Å²) in [7, 11) is 1.62. The maximum atomic E-state index is 13.4. The number of aromatic nitrogens is 1. The zero-order valence-electron chi connectivity index (χ0n) is 16.5. The Hall–Kier alpha value is -2.93. The molecule has 6 nitrogen and oxygen atoms in total. The van der Waals surface area contributed by atoms with Crippen molar-refractivity contribution in [2.45, 2.75) is 32.2 Å². The Morgan fingerprint density at radius 3 is 2.72 bits per heavy atom. The summed E-state index contributed by atoms with van der Waals surface area (Å²) in [6, 6.07) is 8.07. The van der Waals surface area contributed by atoms with E-state index in [0.29, 0.717) is 24.5 Å². The van der Waals surface area contributed by atoms with Crippen molar-refractivity contribution < 1.29 is 18.3 Å². The molecule has 29 heavy (non-hydrogen) atoms. The molecule has 1 aromatic carbocycles. The monoisotopic (exact) mass is 398 g/mol. The van der Waals surface area contributed by atoms with Crippen molar-refractivity contribution in [2.24, 2.45) is 0 Å². The summed E-state index contributed by atoms with van der Waals surface area (Å²) < 4.78 is 24.2. The van der Waals surface area contributed by atoms with Gasteiger partial charge in [-0.05, 0) is 55.7 Å². The average molecular weight is 398 g/mol. The van der Waals surface area contributed by atoms with Crippen LogP contribution in [0.3, 0.4) is 0 Å². The second kappa shape index (κ2) is 7.83. The fourth-order valence-electron chi connectivity index (χ4n) is 3.84. The van der Waals surface area contributed by atoms with Crippen LogP contribution in [0.5, 0.6) is 0 Å². The molecule has 3 aromatic rings. The highest BCUT2D eigenvalue weighted by Gasteiger charge is 2.24. The quantitative estimate of drug-likeness (QED) is 0.727. The maximum absolute atomic E-state index is 13.4. The molecule has 0 unspecified atom stereocenters. The first-order valence-corrected chi connectivity index (χ1v) is 9.67. The third-order valence-corrected chi connectivity index (χ3v) is 5.40. The van der Waals surface area contributed by atoms with E-state index in [1.807, 2.05) is 0 Å². The molecule has 0 radical (unpaired) electrons. The zero-order valence-corrected chi connectivity index (χ0v) is 16.5. The Morgan fingerprint density at radius 2 is 2.00 bits per heavy atom. The lowest BCUT2D eigenvalue weighted by atomic mass is 9.95. The summed E-state index contributed by atoms with van der Waals surface area (Å²) in [5, 5.41) is 0.734. The largest absolute Gasteiger partial charge is 0.427 e. The molecule has 152 valence electrons. The summed E-state index contributed by atoms with van der Waals surface area (Å²) >= 11 is 0. The van der Waals surface area contributed by atoms with Crippen LogP contribution in [0.15, 0.2) is 39.5 Å². The molecule has 0 bridgehead atoms. The average Bonchev–Trinajstić information content (AvgIpc) is 3.09. The normalized spacial score (nSPS) is 15.0. The number of hydrogen-bond acceptors (Lipinski definition) is 4. The number of hydrogen-bond donors (Lipinski definition) is 1. The Balaban J connectivity index is 1.55. The van der Waals surface area contributed by atoms with Crippen LogP contribution >= 0.6 is 0 Å². The molecular weight excluding hydrogens is 375 g/mol. The van der Waals surface area contributed by atoms with Crippen molar-refractivity contribution in [3.05, 3.63) is 69.2 Å². The van der Waals surface area contributed by atoms with Crippen LogP contribution in [0.2, 0.25) is 0 Å². The molecule has 1 amide bonds. The van der Waals surface area contributed by atoms with Gasteiger partial charge in [-0.15, -0.1) is 0 Å². The predicted octanol–water partition coefficient (Wildman–Crippen LogP) is 3.73. The number of amides is 1. The molecule has 0 spiro atoms. The van der Waals surface area contributed by atoms with Crippen molar-refractivity contribution >= 4 is 16.8 Å². The number of ether oxygens (including phenoxy) is 1. The Morgan fingerprint density at radius 1 is 1.24 bits per heavy atom. The van der Waals surface area contributed by atoms with Crippen LogP contribution in [-0.2, 0) is 11.3 Å². The third kappa shape index (κ3) is 3.96. The van der Waals surface area contributed by atoms with E-state index in [2.05, 4.69) is 4.98 Å². The van der Waals surface area contributed by atoms with Gasteiger partial charge in [0.15, 0.2) is 0 Å². The zero-order chi connectivity index (χ0) is 20.5. The summed E-state index contributed by atoms with van der Waals surface area (Å²) in [6.45, 7) is 3.30. The van der Waals surface area contributed by atoms with Crippen LogP contribution in [0.25, 0.3) is 10.9 Å². The molecular formula is C22H23FN2O4. The fraction of sp³-hybridized carbons (Fsp3) is 0.364. The van der Waals surface area contributed by atoms with Gasteiger partial charge in [-0.1, -0.05) is 0 Å². The first-order chi connectivity index (χ1) is 13.9. The highest BCUT2D eigenvalue weighted by molar-refractivity contribution is 5.95. The van der Waals surface area contributed by atoms with Gasteiger partial charge in [-0.2, -0.15) is 0 Å². The molecule has 7 heteroatoms. The van der Waals surface area contributed by atoms with Gasteiger partial charge >= 0.3 is 5.63 Å². The molecule has 0 aliphatic carbocycles. The Labute approximate surface area is 167 Å². The number of carbonyl (C=O) groups is 1. The molecule has 1 aliphatic rings. The van der Waals surface area contributed by atoms with E-state index < -0.39 is 11.5 Å². The second-order valence-electron chi connectivity index (χ2n) is 7.57. The number of rotatable bonds is 4. The van der Waals surface area contributed by atoms with Gasteiger partial charge < -0.3 is 19.0 Å². The second-order valence-corrected chi connectivity index (χ2v) is 7.57. The van der Waals surface area contributed by atoms with E-state index in [-0.39, 0.29) is 23.8 Å². The molecule has 2 aromatic heterocycles. The standard InChI is InChI=1S/C22H23FN2O4/c1-13-9-19(14-5-7-28-8-6-14)29-22(27)20(13)21(26)25(2)12-17-11-15-10-16(23)3-4-18(15)24-17/h3-4,9-11,14,24H,5-8,12H2,1-2H3. The summed E-state index contributed by atoms with van der Waals surface area (Å²) in [6.07, 6.45) is 1.60. The highest BCUT2D eigenvalue weighted by atomic mass is 19.1. The number of halogens is 1. The van der Waals surface area contributed by atoms with E-state index in [1.54, 1.807) is 32.2 Å². The van der Waals surface area contributed by atoms with E-state index >= 15 is 0 Å². The van der Waals surface area contributed by atoms with Crippen LogP contribution in [0.4, 0.5) is 4.39 Å². The van der Waals surface area contributed by atoms with E-state index in [4.69, 9.17) is 9.15 Å². The molecule has 0 saturated carbocycles. The lowest BCUT2D eigenvalue weighted by Crippen LogP contribution is -2.31. The summed E-state index contributed by atoms with van der Waals surface area (Å²) in [4.78, 5) is 30.1. The van der Waals surface area contributed by atoms with E-state index in [0.717, 1.165) is 29.4 Å². The van der Waals surface area contributed by atoms with Gasteiger partial charge in [0.25, 0.3) is 5.91 Å². The van der Waals surface area contributed by atoms with E-state index in [1.165, 1.54) is 17.0 Å².